The minimum absolute atomic E-state index is 0.223. The molecule has 0 spiro atoms. The fourth-order valence-corrected chi connectivity index (χ4v) is 3.97. The van der Waals surface area contributed by atoms with Crippen LogP contribution in [0.1, 0.15) is 22.1 Å². The van der Waals surface area contributed by atoms with Crippen LogP contribution in [-0.2, 0) is 4.79 Å². The van der Waals surface area contributed by atoms with Crippen molar-refractivity contribution in [3.05, 3.63) is 77.7 Å². The standard InChI is InChI=1S/C23H21N3O4S/c1-14-9-10-19(28-3)18(13-14)24-21(27)20(16-7-5-4-6-8-16)31-23-26-25-22(30-23)17-11-12-29-15(17)2/h4-13,20H,1-3H3,(H,24,27)/t20-/m0/s1. The van der Waals surface area contributed by atoms with Crippen molar-refractivity contribution in [2.24, 2.45) is 0 Å². The molecule has 0 aliphatic rings. The van der Waals surface area contributed by atoms with Gasteiger partial charge in [0.2, 0.25) is 5.91 Å². The summed E-state index contributed by atoms with van der Waals surface area (Å²) < 4.78 is 16.5. The molecule has 158 valence electrons. The second-order valence-corrected chi connectivity index (χ2v) is 7.92. The van der Waals surface area contributed by atoms with Crippen molar-refractivity contribution in [1.29, 1.82) is 0 Å². The summed E-state index contributed by atoms with van der Waals surface area (Å²) in [6.45, 7) is 3.78. The van der Waals surface area contributed by atoms with Gasteiger partial charge >= 0.3 is 0 Å². The first kappa shape index (κ1) is 20.7. The summed E-state index contributed by atoms with van der Waals surface area (Å²) in [6.07, 6.45) is 1.57. The first-order chi connectivity index (χ1) is 15.0. The van der Waals surface area contributed by atoms with Gasteiger partial charge in [0.05, 0.1) is 24.6 Å². The van der Waals surface area contributed by atoms with Gasteiger partial charge < -0.3 is 18.9 Å². The Bertz CT molecular complexity index is 1190. The Kier molecular flexibility index (Phi) is 6.08. The van der Waals surface area contributed by atoms with Crippen LogP contribution in [0.2, 0.25) is 0 Å². The molecule has 1 atom stereocenters. The molecule has 0 aliphatic carbocycles. The van der Waals surface area contributed by atoms with Crippen LogP contribution in [0, 0.1) is 13.8 Å². The molecule has 0 fully saturated rings. The molecule has 0 saturated heterocycles. The number of hydrogen-bond acceptors (Lipinski definition) is 7. The van der Waals surface area contributed by atoms with Gasteiger partial charge in [0.1, 0.15) is 16.8 Å². The summed E-state index contributed by atoms with van der Waals surface area (Å²) in [6, 6.07) is 16.8. The van der Waals surface area contributed by atoms with Crippen LogP contribution < -0.4 is 10.1 Å². The zero-order chi connectivity index (χ0) is 21.8. The summed E-state index contributed by atoms with van der Waals surface area (Å²) in [5, 5.41) is 10.9. The average Bonchev–Trinajstić information content (AvgIpc) is 3.41. The maximum atomic E-state index is 13.3. The first-order valence-corrected chi connectivity index (χ1v) is 10.5. The van der Waals surface area contributed by atoms with E-state index in [0.717, 1.165) is 16.7 Å². The quantitative estimate of drug-likeness (QED) is 0.387. The van der Waals surface area contributed by atoms with Crippen molar-refractivity contribution in [1.82, 2.24) is 10.2 Å². The number of nitrogens with one attached hydrogen (secondary N) is 1. The fourth-order valence-electron chi connectivity index (χ4n) is 3.09. The van der Waals surface area contributed by atoms with Crippen LogP contribution in [0.3, 0.4) is 0 Å². The molecule has 7 nitrogen and oxygen atoms in total. The molecule has 0 radical (unpaired) electrons. The number of aryl methyl sites for hydroxylation is 2. The van der Waals surface area contributed by atoms with E-state index in [1.807, 2.05) is 62.4 Å². The second-order valence-electron chi connectivity index (χ2n) is 6.87. The Balaban J connectivity index is 1.61. The Morgan fingerprint density at radius 2 is 1.90 bits per heavy atom. The number of anilines is 1. The molecular formula is C23H21N3O4S. The maximum absolute atomic E-state index is 13.3. The van der Waals surface area contributed by atoms with Crippen LogP contribution in [-0.4, -0.2) is 23.2 Å². The SMILES string of the molecule is COc1ccc(C)cc1NC(=O)[C@@H](Sc1nnc(-c2ccoc2C)o1)c1ccccc1. The van der Waals surface area contributed by atoms with Crippen LogP contribution in [0.25, 0.3) is 11.5 Å². The third kappa shape index (κ3) is 4.64. The number of aromatic nitrogens is 2. The van der Waals surface area contributed by atoms with Crippen molar-refractivity contribution in [2.75, 3.05) is 12.4 Å². The van der Waals surface area contributed by atoms with E-state index in [4.69, 9.17) is 13.6 Å². The van der Waals surface area contributed by atoms with E-state index in [-0.39, 0.29) is 11.1 Å². The fraction of sp³-hybridized carbons (Fsp3) is 0.174. The molecule has 31 heavy (non-hydrogen) atoms. The van der Waals surface area contributed by atoms with Gasteiger partial charge in [-0.25, -0.2) is 0 Å². The van der Waals surface area contributed by atoms with Crippen LogP contribution >= 0.6 is 11.8 Å². The predicted molar refractivity (Wildman–Crippen MR) is 118 cm³/mol. The number of methoxy groups -OCH3 is 1. The lowest BCUT2D eigenvalue weighted by Gasteiger charge is -2.17. The number of thioether (sulfide) groups is 1. The predicted octanol–water partition coefficient (Wildman–Crippen LogP) is 5.43. The number of furan rings is 1. The first-order valence-electron chi connectivity index (χ1n) is 9.60. The lowest BCUT2D eigenvalue weighted by Crippen LogP contribution is -2.19. The van der Waals surface area contributed by atoms with E-state index in [9.17, 15) is 4.79 Å². The second kappa shape index (κ2) is 9.09. The van der Waals surface area contributed by atoms with Gasteiger partial charge in [0, 0.05) is 0 Å². The molecule has 0 aliphatic heterocycles. The number of ether oxygens (including phenoxy) is 1. The van der Waals surface area contributed by atoms with Gasteiger partial charge in [-0.05, 0) is 54.9 Å². The highest BCUT2D eigenvalue weighted by Crippen LogP contribution is 2.38. The van der Waals surface area contributed by atoms with Crippen molar-refractivity contribution >= 4 is 23.4 Å². The maximum Gasteiger partial charge on any atom is 0.277 e. The Morgan fingerprint density at radius 3 is 2.61 bits per heavy atom. The molecule has 2 heterocycles. The number of amides is 1. The Morgan fingerprint density at radius 1 is 1.10 bits per heavy atom. The molecule has 2 aromatic carbocycles. The zero-order valence-electron chi connectivity index (χ0n) is 17.3. The largest absolute Gasteiger partial charge is 0.495 e. The molecular weight excluding hydrogens is 414 g/mol. The van der Waals surface area contributed by atoms with Gasteiger partial charge in [-0.3, -0.25) is 4.79 Å². The molecule has 4 aromatic rings. The number of rotatable bonds is 7. The van der Waals surface area contributed by atoms with Gasteiger partial charge in [0.25, 0.3) is 11.1 Å². The van der Waals surface area contributed by atoms with E-state index < -0.39 is 5.25 Å². The Hall–Kier alpha value is -3.52. The minimum Gasteiger partial charge on any atom is -0.495 e. The Labute approximate surface area is 183 Å². The van der Waals surface area contributed by atoms with E-state index in [0.29, 0.717) is 23.1 Å². The molecule has 2 aromatic heterocycles. The average molecular weight is 436 g/mol. The summed E-state index contributed by atoms with van der Waals surface area (Å²) in [5.74, 6) is 1.40. The summed E-state index contributed by atoms with van der Waals surface area (Å²) >= 11 is 1.19. The topological polar surface area (TPSA) is 90.4 Å². The highest BCUT2D eigenvalue weighted by atomic mass is 32.2. The van der Waals surface area contributed by atoms with Crippen molar-refractivity contribution in [3.63, 3.8) is 0 Å². The molecule has 0 saturated carbocycles. The molecule has 0 unspecified atom stereocenters. The van der Waals surface area contributed by atoms with Gasteiger partial charge in [-0.15, -0.1) is 10.2 Å². The third-order valence-corrected chi connectivity index (χ3v) is 5.76. The smallest absolute Gasteiger partial charge is 0.277 e. The number of hydrogen-bond donors (Lipinski definition) is 1. The molecule has 1 amide bonds. The molecule has 4 rings (SSSR count). The molecule has 8 heteroatoms. The van der Waals surface area contributed by atoms with Gasteiger partial charge in [-0.2, -0.15) is 0 Å². The molecule has 1 N–H and O–H groups in total. The minimum atomic E-state index is -0.606. The van der Waals surface area contributed by atoms with Crippen molar-refractivity contribution < 1.29 is 18.4 Å². The summed E-state index contributed by atoms with van der Waals surface area (Å²) in [7, 11) is 1.57. The molecule has 0 bridgehead atoms. The number of benzene rings is 2. The monoisotopic (exact) mass is 435 g/mol. The lowest BCUT2D eigenvalue weighted by atomic mass is 10.1. The van der Waals surface area contributed by atoms with E-state index in [1.54, 1.807) is 19.4 Å². The summed E-state index contributed by atoms with van der Waals surface area (Å²) in [4.78, 5) is 13.3. The highest BCUT2D eigenvalue weighted by molar-refractivity contribution is 8.00. The number of carbonyl (C=O) groups excluding carboxylic acids is 1. The van der Waals surface area contributed by atoms with Crippen LogP contribution in [0.4, 0.5) is 5.69 Å². The van der Waals surface area contributed by atoms with Crippen LogP contribution in [0.15, 0.2) is 74.9 Å². The van der Waals surface area contributed by atoms with Crippen LogP contribution in [0.5, 0.6) is 5.75 Å². The van der Waals surface area contributed by atoms with E-state index >= 15 is 0 Å². The number of carbonyl (C=O) groups is 1. The van der Waals surface area contributed by atoms with Crippen molar-refractivity contribution in [3.8, 4) is 17.2 Å². The normalized spacial score (nSPS) is 11.8. The third-order valence-electron chi connectivity index (χ3n) is 4.67. The number of nitrogens with zero attached hydrogens (tertiary/aromatic N) is 2. The highest BCUT2D eigenvalue weighted by Gasteiger charge is 2.26. The van der Waals surface area contributed by atoms with E-state index in [1.165, 1.54) is 11.8 Å². The van der Waals surface area contributed by atoms with Gasteiger partial charge in [0.15, 0.2) is 0 Å². The zero-order valence-corrected chi connectivity index (χ0v) is 18.1. The van der Waals surface area contributed by atoms with Gasteiger partial charge in [-0.1, -0.05) is 36.4 Å². The lowest BCUT2D eigenvalue weighted by molar-refractivity contribution is -0.115. The summed E-state index contributed by atoms with van der Waals surface area (Å²) in [5.41, 5.74) is 3.16. The van der Waals surface area contributed by atoms with Crippen molar-refractivity contribution in [2.45, 2.75) is 24.3 Å². The van der Waals surface area contributed by atoms with E-state index in [2.05, 4.69) is 15.5 Å².